The van der Waals surface area contributed by atoms with Crippen molar-refractivity contribution < 1.29 is 4.79 Å². The number of carbonyl (C=O) groups is 1. The van der Waals surface area contributed by atoms with Crippen LogP contribution in [0, 0.1) is 0 Å². The zero-order chi connectivity index (χ0) is 14.4. The van der Waals surface area contributed by atoms with Gasteiger partial charge in [0.25, 0.3) is 0 Å². The van der Waals surface area contributed by atoms with Gasteiger partial charge in [0.05, 0.1) is 17.9 Å². The number of aryl methyl sites for hydroxylation is 2. The summed E-state index contributed by atoms with van der Waals surface area (Å²) in [4.78, 5) is 13.7. The molecule has 108 valence electrons. The summed E-state index contributed by atoms with van der Waals surface area (Å²) in [6, 6.07) is 0. The summed E-state index contributed by atoms with van der Waals surface area (Å²) in [7, 11) is 1.83. The van der Waals surface area contributed by atoms with Crippen LogP contribution in [-0.4, -0.2) is 40.2 Å². The van der Waals surface area contributed by atoms with Gasteiger partial charge in [0.2, 0.25) is 5.91 Å². The van der Waals surface area contributed by atoms with Gasteiger partial charge in [-0.05, 0) is 20.3 Å². The molecule has 1 amide bonds. The number of aromatic nitrogens is 2. The Balaban J connectivity index is 2.70. The number of anilines is 2. The Morgan fingerprint density at radius 1 is 1.37 bits per heavy atom. The van der Waals surface area contributed by atoms with E-state index in [1.165, 1.54) is 0 Å². The van der Waals surface area contributed by atoms with Gasteiger partial charge < -0.3 is 16.0 Å². The highest BCUT2D eigenvalue weighted by Gasteiger charge is 2.15. The quantitative estimate of drug-likeness (QED) is 0.779. The molecule has 0 spiro atoms. The topological polar surface area (TPSA) is 76.2 Å². The van der Waals surface area contributed by atoms with Crippen LogP contribution in [0.25, 0.3) is 0 Å². The van der Waals surface area contributed by atoms with Gasteiger partial charge >= 0.3 is 0 Å². The van der Waals surface area contributed by atoms with E-state index in [1.807, 2.05) is 20.9 Å². The number of nitrogens with two attached hydrogens (primary N) is 1. The van der Waals surface area contributed by atoms with Crippen LogP contribution in [-0.2, 0) is 18.3 Å². The Kier molecular flexibility index (Phi) is 5.66. The first-order valence-electron chi connectivity index (χ1n) is 6.88. The smallest absolute Gasteiger partial charge is 0.241 e. The number of carbonyl (C=O) groups excluding carboxylic acids is 1. The maximum Gasteiger partial charge on any atom is 0.241 e. The van der Waals surface area contributed by atoms with Gasteiger partial charge in [-0.15, -0.1) is 0 Å². The van der Waals surface area contributed by atoms with Crippen LogP contribution in [0.5, 0.6) is 0 Å². The number of nitrogen functional groups attached to an aromatic ring is 1. The Morgan fingerprint density at radius 3 is 2.53 bits per heavy atom. The lowest BCUT2D eigenvalue weighted by molar-refractivity contribution is -0.128. The first-order valence-corrected chi connectivity index (χ1v) is 6.88. The number of likely N-dealkylation sites (N-methyl/N-ethyl adjacent to an activating group) is 1. The lowest BCUT2D eigenvalue weighted by Gasteiger charge is -2.19. The minimum atomic E-state index is 0.0719. The Bertz CT molecular complexity index is 423. The van der Waals surface area contributed by atoms with Gasteiger partial charge in [-0.2, -0.15) is 5.10 Å². The van der Waals surface area contributed by atoms with E-state index < -0.39 is 0 Å². The zero-order valence-corrected chi connectivity index (χ0v) is 12.4. The van der Waals surface area contributed by atoms with E-state index in [2.05, 4.69) is 17.3 Å². The van der Waals surface area contributed by atoms with E-state index in [0.29, 0.717) is 5.69 Å². The van der Waals surface area contributed by atoms with Crippen LogP contribution in [0.3, 0.4) is 0 Å². The summed E-state index contributed by atoms with van der Waals surface area (Å²) in [5, 5.41) is 7.46. The van der Waals surface area contributed by atoms with Gasteiger partial charge in [-0.25, -0.2) is 0 Å². The number of amides is 1. The molecular weight excluding hydrogens is 242 g/mol. The fraction of sp³-hybridized carbons (Fsp3) is 0.692. The van der Waals surface area contributed by atoms with Gasteiger partial charge in [0, 0.05) is 20.1 Å². The standard InChI is InChI=1S/C13H25N5O/c1-5-8-10-12(14)13(17(4)16-10)15-9-11(19)18(6-2)7-3/h15H,5-9,14H2,1-4H3. The molecule has 1 aromatic rings. The Morgan fingerprint density at radius 2 is 2.00 bits per heavy atom. The minimum absolute atomic E-state index is 0.0719. The van der Waals surface area contributed by atoms with Crippen molar-refractivity contribution in [1.82, 2.24) is 14.7 Å². The van der Waals surface area contributed by atoms with Crippen molar-refractivity contribution in [3.8, 4) is 0 Å². The molecule has 1 aromatic heterocycles. The predicted octanol–water partition coefficient (Wildman–Crippen LogP) is 1.24. The normalized spacial score (nSPS) is 10.5. The predicted molar refractivity (Wildman–Crippen MR) is 78.0 cm³/mol. The summed E-state index contributed by atoms with van der Waals surface area (Å²) < 4.78 is 1.70. The zero-order valence-electron chi connectivity index (χ0n) is 12.4. The van der Waals surface area contributed by atoms with Crippen molar-refractivity contribution in [3.05, 3.63) is 5.69 Å². The second-order valence-corrected chi connectivity index (χ2v) is 4.50. The molecule has 0 aromatic carbocycles. The molecule has 3 N–H and O–H groups in total. The van der Waals surface area contributed by atoms with E-state index >= 15 is 0 Å². The molecule has 0 atom stereocenters. The average Bonchev–Trinajstić information content (AvgIpc) is 2.64. The Labute approximate surface area is 114 Å². The van der Waals surface area contributed by atoms with E-state index in [9.17, 15) is 4.79 Å². The van der Waals surface area contributed by atoms with Gasteiger partial charge in [0.15, 0.2) is 0 Å². The third kappa shape index (κ3) is 3.62. The number of rotatable bonds is 7. The summed E-state index contributed by atoms with van der Waals surface area (Å²) in [6.07, 6.45) is 1.85. The highest BCUT2D eigenvalue weighted by molar-refractivity contribution is 5.82. The van der Waals surface area contributed by atoms with E-state index in [-0.39, 0.29) is 12.5 Å². The largest absolute Gasteiger partial charge is 0.394 e. The summed E-state index contributed by atoms with van der Waals surface area (Å²) in [5.74, 6) is 0.798. The van der Waals surface area contributed by atoms with Crippen LogP contribution in [0.4, 0.5) is 11.5 Å². The van der Waals surface area contributed by atoms with Crippen LogP contribution in [0.15, 0.2) is 0 Å². The first-order chi connectivity index (χ1) is 9.04. The molecule has 0 aliphatic rings. The molecule has 0 unspecified atom stereocenters. The van der Waals surface area contributed by atoms with Gasteiger partial charge in [-0.3, -0.25) is 9.48 Å². The third-order valence-electron chi connectivity index (χ3n) is 3.17. The van der Waals surface area contributed by atoms with E-state index in [1.54, 1.807) is 9.58 Å². The second kappa shape index (κ2) is 7.01. The maximum absolute atomic E-state index is 11.9. The molecule has 6 heteroatoms. The van der Waals surface area contributed by atoms with Gasteiger partial charge in [0.1, 0.15) is 5.82 Å². The molecule has 6 nitrogen and oxygen atoms in total. The minimum Gasteiger partial charge on any atom is -0.394 e. The Hall–Kier alpha value is -1.72. The lowest BCUT2D eigenvalue weighted by Crippen LogP contribution is -2.35. The van der Waals surface area contributed by atoms with Crippen LogP contribution in [0.2, 0.25) is 0 Å². The number of nitrogens with zero attached hydrogens (tertiary/aromatic N) is 3. The molecule has 1 heterocycles. The highest BCUT2D eigenvalue weighted by Crippen LogP contribution is 2.22. The van der Waals surface area contributed by atoms with Crippen molar-refractivity contribution in [2.75, 3.05) is 30.7 Å². The average molecular weight is 267 g/mol. The molecule has 1 rings (SSSR count). The molecule has 0 radical (unpaired) electrons. The fourth-order valence-electron chi connectivity index (χ4n) is 2.07. The van der Waals surface area contributed by atoms with E-state index in [0.717, 1.165) is 37.4 Å². The molecule has 0 fully saturated rings. The lowest BCUT2D eigenvalue weighted by atomic mass is 10.2. The van der Waals surface area contributed by atoms with Crippen LogP contribution < -0.4 is 11.1 Å². The number of nitrogens with one attached hydrogen (secondary N) is 1. The fourth-order valence-corrected chi connectivity index (χ4v) is 2.07. The van der Waals surface area contributed by atoms with Crippen molar-refractivity contribution in [1.29, 1.82) is 0 Å². The SMILES string of the molecule is CCCc1nn(C)c(NCC(=O)N(CC)CC)c1N. The maximum atomic E-state index is 11.9. The van der Waals surface area contributed by atoms with Crippen molar-refractivity contribution >= 4 is 17.4 Å². The highest BCUT2D eigenvalue weighted by atomic mass is 16.2. The van der Waals surface area contributed by atoms with Gasteiger partial charge in [-0.1, -0.05) is 13.3 Å². The summed E-state index contributed by atoms with van der Waals surface area (Å²) in [5.41, 5.74) is 7.59. The molecule has 0 saturated carbocycles. The monoisotopic (exact) mass is 267 g/mol. The number of hydrogen-bond acceptors (Lipinski definition) is 4. The van der Waals surface area contributed by atoms with Crippen molar-refractivity contribution in [2.45, 2.75) is 33.6 Å². The summed E-state index contributed by atoms with van der Waals surface area (Å²) >= 11 is 0. The molecule has 0 aliphatic heterocycles. The van der Waals surface area contributed by atoms with Crippen LogP contribution >= 0.6 is 0 Å². The molecule has 19 heavy (non-hydrogen) atoms. The molecule has 0 bridgehead atoms. The summed E-state index contributed by atoms with van der Waals surface area (Å²) in [6.45, 7) is 7.72. The molecular formula is C13H25N5O. The number of hydrogen-bond donors (Lipinski definition) is 2. The van der Waals surface area contributed by atoms with Crippen LogP contribution in [0.1, 0.15) is 32.9 Å². The van der Waals surface area contributed by atoms with E-state index in [4.69, 9.17) is 5.73 Å². The van der Waals surface area contributed by atoms with Crippen molar-refractivity contribution in [2.24, 2.45) is 7.05 Å². The molecule has 0 saturated heterocycles. The first kappa shape index (κ1) is 15.3. The van der Waals surface area contributed by atoms with Crippen molar-refractivity contribution in [3.63, 3.8) is 0 Å². The second-order valence-electron chi connectivity index (χ2n) is 4.50. The molecule has 0 aliphatic carbocycles. The third-order valence-corrected chi connectivity index (χ3v) is 3.17.